The third-order valence-corrected chi connectivity index (χ3v) is 1.27. The minimum absolute atomic E-state index is 0.118. The molecule has 0 aliphatic rings. The Bertz CT molecular complexity index is 223. The zero-order valence-electron chi connectivity index (χ0n) is 8.39. The number of ether oxygens (including phenoxy) is 2. The first-order valence-corrected chi connectivity index (χ1v) is 4.36. The largest absolute Gasteiger partial charge is 0.462 e. The Balaban J connectivity index is 3.70. The lowest BCUT2D eigenvalue weighted by Gasteiger charge is -2.09. The maximum atomic E-state index is 11.6. The molecule has 0 aromatic rings. The molecule has 0 aliphatic heterocycles. The molecule has 0 amide bonds. The van der Waals surface area contributed by atoms with Gasteiger partial charge in [0.1, 0.15) is 6.61 Å². The topological polar surface area (TPSA) is 35.5 Å². The highest BCUT2D eigenvalue weighted by Crippen LogP contribution is 2.14. The monoisotopic (exact) mass is 226 g/mol. The molecule has 0 aromatic heterocycles. The lowest BCUT2D eigenvalue weighted by atomic mass is 10.3. The highest BCUT2D eigenvalue weighted by molar-refractivity contribution is 5.87. The maximum absolute atomic E-state index is 11.6. The summed E-state index contributed by atoms with van der Waals surface area (Å²) < 4.78 is 43.8. The Morgan fingerprint density at radius 3 is 2.47 bits per heavy atom. The smallest absolute Gasteiger partial charge is 0.411 e. The van der Waals surface area contributed by atoms with Crippen LogP contribution in [0.1, 0.15) is 13.3 Å². The van der Waals surface area contributed by atoms with E-state index in [2.05, 4.69) is 16.1 Å². The summed E-state index contributed by atoms with van der Waals surface area (Å²) in [6, 6.07) is 0. The molecule has 3 nitrogen and oxygen atoms in total. The summed E-state index contributed by atoms with van der Waals surface area (Å²) in [7, 11) is 0. The van der Waals surface area contributed by atoms with Crippen molar-refractivity contribution < 1.29 is 27.4 Å². The van der Waals surface area contributed by atoms with E-state index in [1.54, 1.807) is 6.92 Å². The fourth-order valence-corrected chi connectivity index (χ4v) is 0.646. The van der Waals surface area contributed by atoms with E-state index in [0.29, 0.717) is 6.42 Å². The van der Waals surface area contributed by atoms with Gasteiger partial charge in [-0.15, -0.1) is 0 Å². The lowest BCUT2D eigenvalue weighted by molar-refractivity contribution is -0.173. The van der Waals surface area contributed by atoms with E-state index >= 15 is 0 Å². The number of hydrogen-bond acceptors (Lipinski definition) is 3. The third kappa shape index (κ3) is 7.99. The first kappa shape index (κ1) is 14.0. The summed E-state index contributed by atoms with van der Waals surface area (Å²) in [4.78, 5) is 11.0. The van der Waals surface area contributed by atoms with Gasteiger partial charge in [0.15, 0.2) is 0 Å². The number of carbonyl (C=O) groups is 1. The van der Waals surface area contributed by atoms with Crippen molar-refractivity contribution in [3.8, 4) is 0 Å². The normalized spacial score (nSPS) is 11.2. The van der Waals surface area contributed by atoms with Gasteiger partial charge >= 0.3 is 12.1 Å². The Labute approximate surface area is 85.9 Å². The second kappa shape index (κ2) is 6.44. The van der Waals surface area contributed by atoms with E-state index in [0.717, 1.165) is 0 Å². The van der Waals surface area contributed by atoms with Crippen molar-refractivity contribution in [2.24, 2.45) is 0 Å². The van der Waals surface area contributed by atoms with Crippen LogP contribution in [0.15, 0.2) is 12.2 Å². The molecule has 88 valence electrons. The fourth-order valence-electron chi connectivity index (χ4n) is 0.646. The summed E-state index contributed by atoms with van der Waals surface area (Å²) in [6.45, 7) is 3.42. The van der Waals surface area contributed by atoms with Gasteiger partial charge in [0, 0.05) is 0 Å². The average molecular weight is 226 g/mol. The molecule has 0 atom stereocenters. The van der Waals surface area contributed by atoms with E-state index < -0.39 is 25.4 Å². The van der Waals surface area contributed by atoms with Crippen LogP contribution >= 0.6 is 0 Å². The minimum Gasteiger partial charge on any atom is -0.462 e. The molecule has 0 aliphatic carbocycles. The number of esters is 1. The predicted molar refractivity (Wildman–Crippen MR) is 47.3 cm³/mol. The Morgan fingerprint density at radius 2 is 2.00 bits per heavy atom. The Hall–Kier alpha value is -1.04. The van der Waals surface area contributed by atoms with Gasteiger partial charge in [-0.05, 0) is 6.42 Å². The van der Waals surface area contributed by atoms with Crippen LogP contribution < -0.4 is 0 Å². The van der Waals surface area contributed by atoms with Gasteiger partial charge in [0.2, 0.25) is 0 Å². The minimum atomic E-state index is -4.40. The molecule has 6 heteroatoms. The van der Waals surface area contributed by atoms with Crippen LogP contribution in [0.2, 0.25) is 0 Å². The molecule has 0 fully saturated rings. The molecule has 0 rings (SSSR count). The summed E-state index contributed by atoms with van der Waals surface area (Å²) >= 11 is 0. The average Bonchev–Trinajstić information content (AvgIpc) is 2.11. The van der Waals surface area contributed by atoms with Crippen LogP contribution in [0, 0.1) is 0 Å². The van der Waals surface area contributed by atoms with Gasteiger partial charge in [0.05, 0.1) is 18.8 Å². The molecular weight excluding hydrogens is 213 g/mol. The summed E-state index contributed by atoms with van der Waals surface area (Å²) in [5.41, 5.74) is -0.118. The van der Waals surface area contributed by atoms with E-state index in [1.807, 2.05) is 0 Å². The second-order valence-electron chi connectivity index (χ2n) is 2.85. The lowest BCUT2D eigenvalue weighted by Crippen LogP contribution is -2.20. The third-order valence-electron chi connectivity index (χ3n) is 1.27. The van der Waals surface area contributed by atoms with Crippen molar-refractivity contribution in [1.29, 1.82) is 0 Å². The predicted octanol–water partition coefficient (Wildman–Crippen LogP) is 2.07. The standard InChI is InChI=1S/C9H13F3O3/c1-3-4-15-8(13)7(2)5-14-6-9(10,11)12/h2-6H2,1H3. The molecule has 0 saturated heterocycles. The fraction of sp³-hybridized carbons (Fsp3) is 0.667. The highest BCUT2D eigenvalue weighted by atomic mass is 19.4. The van der Waals surface area contributed by atoms with Crippen LogP contribution in [0.5, 0.6) is 0 Å². The van der Waals surface area contributed by atoms with E-state index in [4.69, 9.17) is 0 Å². The van der Waals surface area contributed by atoms with Crippen molar-refractivity contribution in [1.82, 2.24) is 0 Å². The number of carbonyl (C=O) groups excluding carboxylic acids is 1. The molecule has 0 spiro atoms. The molecule has 0 aromatic carbocycles. The second-order valence-corrected chi connectivity index (χ2v) is 2.85. The maximum Gasteiger partial charge on any atom is 0.411 e. The molecule has 0 bridgehead atoms. The zero-order valence-corrected chi connectivity index (χ0v) is 8.39. The van der Waals surface area contributed by atoms with Crippen LogP contribution in [0.4, 0.5) is 13.2 Å². The van der Waals surface area contributed by atoms with Crippen molar-refractivity contribution in [3.05, 3.63) is 12.2 Å². The van der Waals surface area contributed by atoms with Crippen LogP contribution in [-0.4, -0.2) is 32.0 Å². The van der Waals surface area contributed by atoms with Crippen LogP contribution in [0.25, 0.3) is 0 Å². The number of halogens is 3. The molecule has 0 saturated carbocycles. The van der Waals surface area contributed by atoms with E-state index in [9.17, 15) is 18.0 Å². The van der Waals surface area contributed by atoms with Crippen LogP contribution in [0.3, 0.4) is 0 Å². The van der Waals surface area contributed by atoms with Crippen molar-refractivity contribution in [2.45, 2.75) is 19.5 Å². The molecule has 0 heterocycles. The van der Waals surface area contributed by atoms with E-state index in [-0.39, 0.29) is 12.2 Å². The number of rotatable bonds is 6. The Kier molecular flexibility index (Phi) is 6.00. The molecular formula is C9H13F3O3. The van der Waals surface area contributed by atoms with Crippen LogP contribution in [-0.2, 0) is 14.3 Å². The molecule has 0 N–H and O–H groups in total. The molecule has 0 unspecified atom stereocenters. The molecule has 15 heavy (non-hydrogen) atoms. The van der Waals surface area contributed by atoms with Crippen molar-refractivity contribution in [3.63, 3.8) is 0 Å². The summed E-state index contributed by atoms with van der Waals surface area (Å²) in [6.07, 6.45) is -3.75. The quantitative estimate of drug-likeness (QED) is 0.513. The highest BCUT2D eigenvalue weighted by Gasteiger charge is 2.27. The summed E-state index contributed by atoms with van der Waals surface area (Å²) in [5.74, 6) is -0.723. The molecule has 0 radical (unpaired) electrons. The first-order chi connectivity index (χ1) is 6.87. The SMILES string of the molecule is C=C(COCC(F)(F)F)C(=O)OCCC. The van der Waals surface area contributed by atoms with E-state index in [1.165, 1.54) is 0 Å². The van der Waals surface area contributed by atoms with Gasteiger partial charge < -0.3 is 9.47 Å². The number of alkyl halides is 3. The first-order valence-electron chi connectivity index (χ1n) is 4.36. The zero-order chi connectivity index (χ0) is 11.9. The van der Waals surface area contributed by atoms with Crippen molar-refractivity contribution >= 4 is 5.97 Å². The Morgan fingerprint density at radius 1 is 1.40 bits per heavy atom. The van der Waals surface area contributed by atoms with Gasteiger partial charge in [-0.2, -0.15) is 13.2 Å². The van der Waals surface area contributed by atoms with Gasteiger partial charge in [-0.25, -0.2) is 4.79 Å². The summed E-state index contributed by atoms with van der Waals surface area (Å²) in [5, 5.41) is 0. The number of hydrogen-bond donors (Lipinski definition) is 0. The van der Waals surface area contributed by atoms with Crippen molar-refractivity contribution in [2.75, 3.05) is 19.8 Å². The van der Waals surface area contributed by atoms with Gasteiger partial charge in [-0.1, -0.05) is 13.5 Å². The van der Waals surface area contributed by atoms with Gasteiger partial charge in [0.25, 0.3) is 0 Å². The van der Waals surface area contributed by atoms with Gasteiger partial charge in [-0.3, -0.25) is 0 Å².